The molecule has 1 aliphatic heterocycles. The van der Waals surface area contributed by atoms with E-state index in [4.69, 9.17) is 28.2 Å². The summed E-state index contributed by atoms with van der Waals surface area (Å²) in [4.78, 5) is 26.0. The van der Waals surface area contributed by atoms with Gasteiger partial charge in [0, 0.05) is 19.3 Å². The molecule has 21 heteroatoms. The number of imidazole rings is 1. The Morgan fingerprint density at radius 1 is 0.766 bits per heavy atom. The van der Waals surface area contributed by atoms with Crippen molar-refractivity contribution in [3.63, 3.8) is 0 Å². The van der Waals surface area contributed by atoms with Crippen molar-refractivity contribution >= 4 is 30.5 Å². The van der Waals surface area contributed by atoms with E-state index in [1.807, 2.05) is 0 Å². The Hall–Kier alpha value is -5.89. The first kappa shape index (κ1) is 46.1. The second kappa shape index (κ2) is 18.7. The molecule has 0 radical (unpaired) electrons. The molecule has 1 N–H and O–H groups in total. The lowest BCUT2D eigenvalue weighted by Gasteiger charge is -2.37. The molecule has 1 fully saturated rings. The molecule has 0 spiro atoms. The molecule has 1 saturated heterocycles. The number of rotatable bonds is 16. The van der Waals surface area contributed by atoms with E-state index >= 15 is 0 Å². The van der Waals surface area contributed by atoms with Crippen molar-refractivity contribution in [2.45, 2.75) is 48.6 Å². The summed E-state index contributed by atoms with van der Waals surface area (Å²) < 4.78 is 138. The van der Waals surface area contributed by atoms with Gasteiger partial charge < -0.3 is 29.0 Å². The number of methoxy groups -OCH3 is 3. The van der Waals surface area contributed by atoms with Crippen LogP contribution in [-0.4, -0.2) is 96.8 Å². The number of nitrogens with zero attached hydrogens (tertiary/aromatic N) is 4. The molecule has 64 heavy (non-hydrogen) atoms. The molecule has 0 saturated carbocycles. The fraction of sp³-hybridized carbons (Fsp3) is 0.302. The van der Waals surface area contributed by atoms with Crippen molar-refractivity contribution in [2.75, 3.05) is 39.9 Å². The largest absolute Gasteiger partial charge is 0.497 e. The molecule has 338 valence electrons. The van der Waals surface area contributed by atoms with Crippen molar-refractivity contribution in [1.82, 2.24) is 19.5 Å². The molecule has 0 aliphatic carbocycles. The van der Waals surface area contributed by atoms with Crippen LogP contribution in [0.25, 0.3) is 11.2 Å². The monoisotopic (exact) mass is 915 g/mol. The van der Waals surface area contributed by atoms with Crippen LogP contribution < -0.4 is 14.8 Å². The number of alkyl halides is 6. The molecule has 6 aromatic rings. The van der Waals surface area contributed by atoms with E-state index in [-0.39, 0.29) is 17.0 Å². The van der Waals surface area contributed by atoms with Crippen LogP contribution >= 0.6 is 7.60 Å². The van der Waals surface area contributed by atoms with Gasteiger partial charge in [0.2, 0.25) is 0 Å². The first-order chi connectivity index (χ1) is 30.5. The number of fused-ring (bicyclic) bond motifs is 1. The molecule has 0 unspecified atom stereocenters. The van der Waals surface area contributed by atoms with Crippen LogP contribution in [0.15, 0.2) is 122 Å². The Bertz CT molecular complexity index is 2510. The van der Waals surface area contributed by atoms with E-state index < -0.39 is 68.7 Å². The normalized spacial score (nSPS) is 19.1. The molecule has 5 atom stereocenters. The molecule has 2 aromatic heterocycles. The number of aromatic nitrogens is 4. The van der Waals surface area contributed by atoms with E-state index in [2.05, 4.69) is 24.8 Å². The SMILES string of the molecule is COc1ccc(C(OC[C@H]2O[C@@H](n3cnc4c(NC(=O)c5ccccc5)ncnc43)[C@H](OC)[C@@H]2O[P@@](C)(=O)OC(C(F)(F)F)C(F)(F)F)(c2ccccc2)c2ccc(OC)cc2)cc1. The zero-order valence-electron chi connectivity index (χ0n) is 34.3. The summed E-state index contributed by atoms with van der Waals surface area (Å²) in [6.07, 6.45) is -20.2. The van der Waals surface area contributed by atoms with Crippen molar-refractivity contribution < 1.29 is 68.4 Å². The number of nitrogens with one attached hydrogen (secondary N) is 1. The molecule has 1 aliphatic rings. The average molecular weight is 916 g/mol. The summed E-state index contributed by atoms with van der Waals surface area (Å²) in [5.41, 5.74) is 0.647. The first-order valence-corrected chi connectivity index (χ1v) is 21.3. The van der Waals surface area contributed by atoms with Gasteiger partial charge in [0.25, 0.3) is 12.0 Å². The van der Waals surface area contributed by atoms with Gasteiger partial charge in [-0.25, -0.2) is 15.0 Å². The molecule has 7 rings (SSSR count). The lowest BCUT2D eigenvalue weighted by atomic mass is 9.80. The van der Waals surface area contributed by atoms with E-state index in [9.17, 15) is 35.7 Å². The van der Waals surface area contributed by atoms with E-state index in [0.717, 1.165) is 6.33 Å². The number of amides is 1. The van der Waals surface area contributed by atoms with Gasteiger partial charge >= 0.3 is 19.9 Å². The Kier molecular flexibility index (Phi) is 13.5. The highest BCUT2D eigenvalue weighted by Crippen LogP contribution is 2.55. The van der Waals surface area contributed by atoms with Crippen molar-refractivity contribution in [3.05, 3.63) is 144 Å². The van der Waals surface area contributed by atoms with Crippen molar-refractivity contribution in [2.24, 2.45) is 0 Å². The lowest BCUT2D eigenvalue weighted by Crippen LogP contribution is -2.45. The van der Waals surface area contributed by atoms with Crippen molar-refractivity contribution in [1.29, 1.82) is 0 Å². The topological polar surface area (TPSA) is 154 Å². The van der Waals surface area contributed by atoms with E-state index in [1.165, 1.54) is 32.2 Å². The molecule has 3 heterocycles. The van der Waals surface area contributed by atoms with Crippen LogP contribution in [0.2, 0.25) is 0 Å². The second-order valence-corrected chi connectivity index (χ2v) is 16.3. The molecule has 14 nitrogen and oxygen atoms in total. The maximum absolute atomic E-state index is 13.8. The van der Waals surface area contributed by atoms with Crippen molar-refractivity contribution in [3.8, 4) is 11.5 Å². The molecule has 0 bridgehead atoms. The maximum Gasteiger partial charge on any atom is 0.424 e. The zero-order valence-corrected chi connectivity index (χ0v) is 35.2. The summed E-state index contributed by atoms with van der Waals surface area (Å²) in [5, 5.41) is 2.68. The van der Waals surface area contributed by atoms with Crippen LogP contribution in [0, 0.1) is 0 Å². The fourth-order valence-electron chi connectivity index (χ4n) is 7.37. The highest BCUT2D eigenvalue weighted by molar-refractivity contribution is 7.53. The Morgan fingerprint density at radius 2 is 1.31 bits per heavy atom. The summed E-state index contributed by atoms with van der Waals surface area (Å²) in [7, 11) is -1.14. The Morgan fingerprint density at radius 3 is 1.84 bits per heavy atom. The van der Waals surface area contributed by atoms with Crippen LogP contribution in [-0.2, 0) is 33.4 Å². The van der Waals surface area contributed by atoms with Gasteiger partial charge in [0.15, 0.2) is 23.2 Å². The van der Waals surface area contributed by atoms with Gasteiger partial charge in [-0.05, 0) is 53.1 Å². The summed E-state index contributed by atoms with van der Waals surface area (Å²) in [6, 6.07) is 31.1. The van der Waals surface area contributed by atoms with Crippen LogP contribution in [0.3, 0.4) is 0 Å². The third kappa shape index (κ3) is 9.62. The van der Waals surface area contributed by atoms with Gasteiger partial charge in [-0.2, -0.15) is 26.3 Å². The molecular weight excluding hydrogens is 875 g/mol. The van der Waals surface area contributed by atoms with Gasteiger partial charge in [0.05, 0.1) is 27.2 Å². The lowest BCUT2D eigenvalue weighted by molar-refractivity contribution is -0.302. The minimum atomic E-state index is -6.01. The Labute approximate surface area is 361 Å². The number of hydrogen-bond donors (Lipinski definition) is 1. The number of hydrogen-bond acceptors (Lipinski definition) is 12. The molecular formula is C43H40F6N5O9P. The van der Waals surface area contributed by atoms with Crippen LogP contribution in [0.5, 0.6) is 11.5 Å². The summed E-state index contributed by atoms with van der Waals surface area (Å²) in [5.74, 6) is 0.527. The third-order valence-corrected chi connectivity index (χ3v) is 11.5. The summed E-state index contributed by atoms with van der Waals surface area (Å²) >= 11 is 0. The predicted molar refractivity (Wildman–Crippen MR) is 218 cm³/mol. The predicted octanol–water partition coefficient (Wildman–Crippen LogP) is 8.73. The fourth-order valence-corrected chi connectivity index (χ4v) is 8.74. The first-order valence-electron chi connectivity index (χ1n) is 19.3. The highest BCUT2D eigenvalue weighted by Gasteiger charge is 2.61. The molecule has 1 amide bonds. The van der Waals surface area contributed by atoms with Gasteiger partial charge in [0.1, 0.15) is 41.7 Å². The third-order valence-electron chi connectivity index (χ3n) is 10.3. The second-order valence-electron chi connectivity index (χ2n) is 14.4. The maximum atomic E-state index is 13.8. The number of halogens is 6. The highest BCUT2D eigenvalue weighted by atomic mass is 31.2. The number of ether oxygens (including phenoxy) is 5. The number of benzene rings is 4. The number of carbonyl (C=O) groups excluding carboxylic acids is 1. The van der Waals surface area contributed by atoms with Crippen LogP contribution in [0.1, 0.15) is 33.3 Å². The smallest absolute Gasteiger partial charge is 0.424 e. The zero-order chi connectivity index (χ0) is 45.9. The minimum Gasteiger partial charge on any atom is -0.497 e. The number of anilines is 1. The van der Waals surface area contributed by atoms with E-state index in [1.54, 1.807) is 109 Å². The Balaban J connectivity index is 1.32. The summed E-state index contributed by atoms with van der Waals surface area (Å²) in [6.45, 7) is -0.0457. The van der Waals surface area contributed by atoms with Gasteiger partial charge in [-0.15, -0.1) is 0 Å². The molecule has 4 aromatic carbocycles. The van der Waals surface area contributed by atoms with E-state index in [0.29, 0.717) is 40.4 Å². The minimum absolute atomic E-state index is 0.000630. The van der Waals surface area contributed by atoms with Gasteiger partial charge in [-0.1, -0.05) is 72.8 Å². The average Bonchev–Trinajstić information content (AvgIpc) is 3.87. The quantitative estimate of drug-likeness (QED) is 0.0561. The van der Waals surface area contributed by atoms with Crippen LogP contribution in [0.4, 0.5) is 32.2 Å². The number of carbonyl (C=O) groups is 1. The standard InChI is InChI=1S/C43H40F6N5O9P/c1-57-30-19-15-28(16-20-30)41(27-13-9-6-10-14-27,29-17-21-31(58-2)22-18-29)60-23-32-34(62-64(4,56)63-40(42(44,45)46)43(47,48)49)35(59-3)39(61-32)54-25-52-33-36(50-24-51-37(33)54)53-38(55)26-11-7-5-8-12-26/h5-22,24-25,32,34-35,39-40H,23H2,1-4H3,(H,50,51,53,55)/t32-,34-,35-,39-,64-/m1/s1. The van der Waals surface area contributed by atoms with Gasteiger partial charge in [-0.3, -0.25) is 23.0 Å².